The first-order valence-electron chi connectivity index (χ1n) is 6.04. The minimum absolute atomic E-state index is 0.0241. The first kappa shape index (κ1) is 12.6. The van der Waals surface area contributed by atoms with Crippen molar-refractivity contribution < 1.29 is 4.79 Å². The molecular weight excluding hydrogens is 230 g/mol. The van der Waals surface area contributed by atoms with Gasteiger partial charge in [-0.3, -0.25) is 4.79 Å². The Balaban J connectivity index is 2.41. The van der Waals surface area contributed by atoms with Crippen LogP contribution in [0.3, 0.4) is 0 Å². The second-order valence-electron chi connectivity index (χ2n) is 4.91. The lowest BCUT2D eigenvalue weighted by Gasteiger charge is -2.42. The lowest BCUT2D eigenvalue weighted by atomic mass is 9.99. The largest absolute Gasteiger partial charge is 0.357 e. The molecule has 1 fully saturated rings. The number of nitrogens with one attached hydrogen (secondary N) is 2. The quantitative estimate of drug-likeness (QED) is 0.800. The van der Waals surface area contributed by atoms with E-state index >= 15 is 0 Å². The molecule has 0 spiro atoms. The molecule has 2 heterocycles. The van der Waals surface area contributed by atoms with Gasteiger partial charge in [0.1, 0.15) is 11.4 Å². The fourth-order valence-electron chi connectivity index (χ4n) is 2.10. The summed E-state index contributed by atoms with van der Waals surface area (Å²) in [4.78, 5) is 22.6. The van der Waals surface area contributed by atoms with Crippen LogP contribution in [0.5, 0.6) is 0 Å². The SMILES string of the molecule is CNc1nc(C)cc(N2CCNC(=O)C2(C)C)n1. The van der Waals surface area contributed by atoms with Crippen molar-refractivity contribution in [1.29, 1.82) is 0 Å². The summed E-state index contributed by atoms with van der Waals surface area (Å²) >= 11 is 0. The van der Waals surface area contributed by atoms with Gasteiger partial charge in [-0.05, 0) is 20.8 Å². The average molecular weight is 249 g/mol. The lowest BCUT2D eigenvalue weighted by Crippen LogP contribution is -2.62. The Kier molecular flexibility index (Phi) is 3.11. The van der Waals surface area contributed by atoms with Gasteiger partial charge < -0.3 is 15.5 Å². The number of nitrogens with zero attached hydrogens (tertiary/aromatic N) is 3. The highest BCUT2D eigenvalue weighted by atomic mass is 16.2. The molecule has 1 amide bonds. The predicted octanol–water partition coefficient (Wildman–Crippen LogP) is 0.542. The van der Waals surface area contributed by atoms with Crippen molar-refractivity contribution in [3.8, 4) is 0 Å². The highest BCUT2D eigenvalue weighted by molar-refractivity contribution is 5.90. The van der Waals surface area contributed by atoms with Gasteiger partial charge in [0, 0.05) is 31.9 Å². The number of rotatable bonds is 2. The average Bonchev–Trinajstić information content (AvgIpc) is 2.31. The van der Waals surface area contributed by atoms with Crippen molar-refractivity contribution in [3.05, 3.63) is 11.8 Å². The number of aryl methyl sites for hydroxylation is 1. The van der Waals surface area contributed by atoms with E-state index in [1.54, 1.807) is 7.05 Å². The standard InChI is InChI=1S/C12H19N5O/c1-8-7-9(16-11(13-4)15-8)17-6-5-14-10(18)12(17,2)3/h7H,5-6H2,1-4H3,(H,14,18)(H,13,15,16). The maximum absolute atomic E-state index is 11.9. The second kappa shape index (κ2) is 4.44. The highest BCUT2D eigenvalue weighted by Gasteiger charge is 2.38. The number of carbonyl (C=O) groups excluding carboxylic acids is 1. The minimum Gasteiger partial charge on any atom is -0.357 e. The monoisotopic (exact) mass is 249 g/mol. The van der Waals surface area contributed by atoms with Gasteiger partial charge in [0.25, 0.3) is 0 Å². The van der Waals surface area contributed by atoms with Crippen LogP contribution >= 0.6 is 0 Å². The Bertz CT molecular complexity index is 472. The van der Waals surface area contributed by atoms with Gasteiger partial charge >= 0.3 is 0 Å². The highest BCUT2D eigenvalue weighted by Crippen LogP contribution is 2.25. The summed E-state index contributed by atoms with van der Waals surface area (Å²) in [6.45, 7) is 7.11. The van der Waals surface area contributed by atoms with Crippen LogP contribution in [0.2, 0.25) is 0 Å². The van der Waals surface area contributed by atoms with Gasteiger partial charge in [-0.2, -0.15) is 4.98 Å². The third-order valence-electron chi connectivity index (χ3n) is 3.19. The Morgan fingerprint density at radius 3 is 2.83 bits per heavy atom. The number of piperazine rings is 1. The molecule has 6 heteroatoms. The third-order valence-corrected chi connectivity index (χ3v) is 3.19. The van der Waals surface area contributed by atoms with E-state index in [9.17, 15) is 4.79 Å². The van der Waals surface area contributed by atoms with E-state index in [0.29, 0.717) is 12.5 Å². The minimum atomic E-state index is -0.593. The molecule has 18 heavy (non-hydrogen) atoms. The molecule has 6 nitrogen and oxygen atoms in total. The molecule has 98 valence electrons. The van der Waals surface area contributed by atoms with Crippen molar-refractivity contribution in [2.24, 2.45) is 0 Å². The Hall–Kier alpha value is -1.85. The van der Waals surface area contributed by atoms with Crippen LogP contribution in [0.15, 0.2) is 6.07 Å². The molecule has 2 rings (SSSR count). The summed E-state index contributed by atoms with van der Waals surface area (Å²) in [6, 6.07) is 1.90. The van der Waals surface area contributed by atoms with Gasteiger partial charge in [0.15, 0.2) is 0 Å². The lowest BCUT2D eigenvalue weighted by molar-refractivity contribution is -0.126. The zero-order chi connectivity index (χ0) is 13.3. The topological polar surface area (TPSA) is 70.2 Å². The van der Waals surface area contributed by atoms with Crippen LogP contribution in [0.25, 0.3) is 0 Å². The normalized spacial score (nSPS) is 18.4. The van der Waals surface area contributed by atoms with Gasteiger partial charge in [-0.25, -0.2) is 4.98 Å². The second-order valence-corrected chi connectivity index (χ2v) is 4.91. The molecular formula is C12H19N5O. The first-order valence-corrected chi connectivity index (χ1v) is 6.04. The van der Waals surface area contributed by atoms with E-state index in [0.717, 1.165) is 18.1 Å². The number of hydrogen-bond acceptors (Lipinski definition) is 5. The van der Waals surface area contributed by atoms with Crippen molar-refractivity contribution in [1.82, 2.24) is 15.3 Å². The van der Waals surface area contributed by atoms with E-state index < -0.39 is 5.54 Å². The summed E-state index contributed by atoms with van der Waals surface area (Å²) in [5.74, 6) is 1.38. The number of amides is 1. The molecule has 0 bridgehead atoms. The van der Waals surface area contributed by atoms with Crippen molar-refractivity contribution >= 4 is 17.7 Å². The van der Waals surface area contributed by atoms with Gasteiger partial charge in [-0.15, -0.1) is 0 Å². The van der Waals surface area contributed by atoms with Crippen molar-refractivity contribution in [2.75, 3.05) is 30.4 Å². The van der Waals surface area contributed by atoms with Crippen LogP contribution in [0, 0.1) is 6.92 Å². The van der Waals surface area contributed by atoms with Crippen molar-refractivity contribution in [2.45, 2.75) is 26.3 Å². The molecule has 0 aromatic carbocycles. The zero-order valence-corrected chi connectivity index (χ0v) is 11.2. The van der Waals surface area contributed by atoms with Crippen molar-refractivity contribution in [3.63, 3.8) is 0 Å². The predicted molar refractivity (Wildman–Crippen MR) is 70.8 cm³/mol. The van der Waals surface area contributed by atoms with E-state index in [2.05, 4.69) is 20.6 Å². The summed E-state index contributed by atoms with van der Waals surface area (Å²) in [6.07, 6.45) is 0. The Morgan fingerprint density at radius 2 is 2.17 bits per heavy atom. The number of aromatic nitrogens is 2. The molecule has 0 atom stereocenters. The summed E-state index contributed by atoms with van der Waals surface area (Å²) in [5, 5.41) is 5.81. The fourth-order valence-corrected chi connectivity index (χ4v) is 2.10. The third kappa shape index (κ3) is 2.10. The van der Waals surface area contributed by atoms with E-state index in [1.807, 2.05) is 31.7 Å². The van der Waals surface area contributed by atoms with Gasteiger partial charge in [0.2, 0.25) is 11.9 Å². The van der Waals surface area contributed by atoms with E-state index in [4.69, 9.17) is 0 Å². The first-order chi connectivity index (χ1) is 8.45. The zero-order valence-electron chi connectivity index (χ0n) is 11.2. The van der Waals surface area contributed by atoms with E-state index in [-0.39, 0.29) is 5.91 Å². The molecule has 1 saturated heterocycles. The molecule has 0 radical (unpaired) electrons. The molecule has 0 aliphatic carbocycles. The summed E-state index contributed by atoms with van der Waals surface area (Å²) in [5.41, 5.74) is 0.287. The van der Waals surface area contributed by atoms with Crippen LogP contribution in [-0.4, -0.2) is 41.6 Å². The number of hydrogen-bond donors (Lipinski definition) is 2. The molecule has 0 saturated carbocycles. The summed E-state index contributed by atoms with van der Waals surface area (Å²) in [7, 11) is 1.78. The van der Waals surface area contributed by atoms with Gasteiger partial charge in [0.05, 0.1) is 0 Å². The Morgan fingerprint density at radius 1 is 1.44 bits per heavy atom. The molecule has 0 unspecified atom stereocenters. The van der Waals surface area contributed by atoms with Gasteiger partial charge in [-0.1, -0.05) is 0 Å². The number of anilines is 2. The van der Waals surface area contributed by atoms with Crippen LogP contribution < -0.4 is 15.5 Å². The maximum atomic E-state index is 11.9. The molecule has 1 aromatic heterocycles. The van der Waals surface area contributed by atoms with Crippen LogP contribution in [-0.2, 0) is 4.79 Å². The van der Waals surface area contributed by atoms with E-state index in [1.165, 1.54) is 0 Å². The maximum Gasteiger partial charge on any atom is 0.245 e. The smallest absolute Gasteiger partial charge is 0.245 e. The summed E-state index contributed by atoms with van der Waals surface area (Å²) < 4.78 is 0. The Labute approximate surface area is 107 Å². The molecule has 1 aliphatic heterocycles. The van der Waals surface area contributed by atoms with Crippen LogP contribution in [0.1, 0.15) is 19.5 Å². The fraction of sp³-hybridized carbons (Fsp3) is 0.583. The molecule has 1 aromatic rings. The number of carbonyl (C=O) groups is 1. The molecule has 2 N–H and O–H groups in total. The molecule has 1 aliphatic rings. The van der Waals surface area contributed by atoms with Crippen LogP contribution in [0.4, 0.5) is 11.8 Å².